The SMILES string of the molecule is COc1ccc(Cl)cc1C(=O)NCCNS(=O)(=O)c1cccs1. The number of sulfonamides is 1. The van der Waals surface area contributed by atoms with E-state index in [1.807, 2.05) is 0 Å². The first-order valence-electron chi connectivity index (χ1n) is 6.59. The smallest absolute Gasteiger partial charge is 0.255 e. The summed E-state index contributed by atoms with van der Waals surface area (Å²) >= 11 is 7.00. The molecule has 2 rings (SSSR count). The van der Waals surface area contributed by atoms with Crippen molar-refractivity contribution in [2.24, 2.45) is 0 Å². The van der Waals surface area contributed by atoms with E-state index in [1.165, 1.54) is 19.2 Å². The Morgan fingerprint density at radius 3 is 2.74 bits per heavy atom. The average molecular weight is 375 g/mol. The van der Waals surface area contributed by atoms with Crippen LogP contribution in [0.3, 0.4) is 0 Å². The minimum atomic E-state index is -3.53. The van der Waals surface area contributed by atoms with Gasteiger partial charge in [0.2, 0.25) is 10.0 Å². The molecule has 1 aromatic heterocycles. The molecule has 2 aromatic rings. The van der Waals surface area contributed by atoms with E-state index in [2.05, 4.69) is 10.0 Å². The van der Waals surface area contributed by atoms with Gasteiger partial charge in [0.15, 0.2) is 0 Å². The molecule has 9 heteroatoms. The van der Waals surface area contributed by atoms with E-state index in [1.54, 1.807) is 23.6 Å². The second-order valence-corrected chi connectivity index (χ2v) is 7.81. The highest BCUT2D eigenvalue weighted by Gasteiger charge is 2.15. The molecule has 0 atom stereocenters. The maximum atomic E-state index is 12.1. The third-order valence-corrected chi connectivity index (χ3v) is 5.96. The minimum Gasteiger partial charge on any atom is -0.496 e. The van der Waals surface area contributed by atoms with E-state index in [0.29, 0.717) is 16.3 Å². The number of ether oxygens (including phenoxy) is 1. The quantitative estimate of drug-likeness (QED) is 0.727. The lowest BCUT2D eigenvalue weighted by atomic mass is 10.2. The van der Waals surface area contributed by atoms with E-state index in [4.69, 9.17) is 16.3 Å². The third-order valence-electron chi connectivity index (χ3n) is 2.87. The Kier molecular flexibility index (Phi) is 6.00. The predicted octanol–water partition coefficient (Wildman–Crippen LogP) is 2.12. The van der Waals surface area contributed by atoms with Crippen molar-refractivity contribution in [1.82, 2.24) is 10.0 Å². The summed E-state index contributed by atoms with van der Waals surface area (Å²) in [6, 6.07) is 7.88. The Morgan fingerprint density at radius 1 is 1.30 bits per heavy atom. The van der Waals surface area contributed by atoms with E-state index in [9.17, 15) is 13.2 Å². The molecule has 0 fully saturated rings. The molecule has 0 aliphatic heterocycles. The molecule has 1 amide bonds. The molecule has 0 saturated heterocycles. The lowest BCUT2D eigenvalue weighted by Crippen LogP contribution is -2.34. The number of amides is 1. The average Bonchev–Trinajstić information content (AvgIpc) is 3.06. The first-order valence-corrected chi connectivity index (χ1v) is 9.33. The van der Waals surface area contributed by atoms with Crippen LogP contribution in [0.25, 0.3) is 0 Å². The van der Waals surface area contributed by atoms with Crippen LogP contribution < -0.4 is 14.8 Å². The number of methoxy groups -OCH3 is 1. The van der Waals surface area contributed by atoms with Crippen LogP contribution in [-0.2, 0) is 10.0 Å². The second-order valence-electron chi connectivity index (χ2n) is 4.43. The number of carbonyl (C=O) groups is 1. The van der Waals surface area contributed by atoms with Gasteiger partial charge in [-0.15, -0.1) is 11.3 Å². The molecule has 1 aromatic carbocycles. The highest BCUT2D eigenvalue weighted by molar-refractivity contribution is 7.91. The lowest BCUT2D eigenvalue weighted by molar-refractivity contribution is 0.0951. The molecule has 23 heavy (non-hydrogen) atoms. The van der Waals surface area contributed by atoms with Crippen molar-refractivity contribution in [2.75, 3.05) is 20.2 Å². The predicted molar refractivity (Wildman–Crippen MR) is 89.8 cm³/mol. The van der Waals surface area contributed by atoms with Gasteiger partial charge >= 0.3 is 0 Å². The molecular weight excluding hydrogens is 360 g/mol. The van der Waals surface area contributed by atoms with E-state index >= 15 is 0 Å². The summed E-state index contributed by atoms with van der Waals surface area (Å²) in [5.41, 5.74) is 0.293. The number of benzene rings is 1. The van der Waals surface area contributed by atoms with Crippen molar-refractivity contribution in [2.45, 2.75) is 4.21 Å². The van der Waals surface area contributed by atoms with Gasteiger partial charge in [0, 0.05) is 18.1 Å². The fraction of sp³-hybridized carbons (Fsp3) is 0.214. The van der Waals surface area contributed by atoms with E-state index in [-0.39, 0.29) is 23.2 Å². The van der Waals surface area contributed by atoms with Crippen LogP contribution >= 0.6 is 22.9 Å². The highest BCUT2D eigenvalue weighted by atomic mass is 35.5. The number of hydrogen-bond acceptors (Lipinski definition) is 5. The van der Waals surface area contributed by atoms with Gasteiger partial charge in [0.05, 0.1) is 12.7 Å². The maximum absolute atomic E-state index is 12.1. The molecule has 0 spiro atoms. The van der Waals surface area contributed by atoms with Crippen LogP contribution in [0, 0.1) is 0 Å². The van der Waals surface area contributed by atoms with Crippen LogP contribution in [0.2, 0.25) is 5.02 Å². The van der Waals surface area contributed by atoms with Crippen LogP contribution in [0.4, 0.5) is 0 Å². The van der Waals surface area contributed by atoms with Gasteiger partial charge in [-0.2, -0.15) is 0 Å². The summed E-state index contributed by atoms with van der Waals surface area (Å²) in [6.45, 7) is 0.216. The standard InChI is InChI=1S/C14H15ClN2O4S2/c1-21-12-5-4-10(15)9-11(12)14(18)16-6-7-17-23(19,20)13-3-2-8-22-13/h2-5,8-9,17H,6-7H2,1H3,(H,16,18). The number of thiophene rings is 1. The molecule has 0 unspecified atom stereocenters. The summed E-state index contributed by atoms with van der Waals surface area (Å²) < 4.78 is 31.6. The summed E-state index contributed by atoms with van der Waals surface area (Å²) in [5, 5.41) is 4.71. The maximum Gasteiger partial charge on any atom is 0.255 e. The Balaban J connectivity index is 1.90. The topological polar surface area (TPSA) is 84.5 Å². The fourth-order valence-electron chi connectivity index (χ4n) is 1.80. The third kappa shape index (κ3) is 4.68. The number of carbonyl (C=O) groups excluding carboxylic acids is 1. The number of hydrogen-bond donors (Lipinski definition) is 2. The van der Waals surface area contributed by atoms with Crippen LogP contribution in [-0.4, -0.2) is 34.5 Å². The molecule has 0 radical (unpaired) electrons. The molecule has 0 aliphatic rings. The Labute approximate surface area is 143 Å². The van der Waals surface area contributed by atoms with Crippen molar-refractivity contribution >= 4 is 38.9 Å². The Hall–Kier alpha value is -1.61. The van der Waals surface area contributed by atoms with Gasteiger partial charge in [-0.05, 0) is 29.6 Å². The first-order chi connectivity index (χ1) is 10.9. The normalized spacial score (nSPS) is 11.2. The number of halogens is 1. The molecule has 0 saturated carbocycles. The number of rotatable bonds is 7. The van der Waals surface area contributed by atoms with Crippen molar-refractivity contribution < 1.29 is 17.9 Å². The van der Waals surface area contributed by atoms with Crippen molar-refractivity contribution in [3.8, 4) is 5.75 Å². The van der Waals surface area contributed by atoms with Gasteiger partial charge in [-0.3, -0.25) is 4.79 Å². The summed E-state index contributed by atoms with van der Waals surface area (Å²) in [7, 11) is -2.07. The van der Waals surface area contributed by atoms with Gasteiger partial charge in [0.25, 0.3) is 5.91 Å². The molecule has 124 valence electrons. The molecular formula is C14H15ClN2O4S2. The minimum absolute atomic E-state index is 0.0782. The van der Waals surface area contributed by atoms with Crippen molar-refractivity contribution in [3.05, 3.63) is 46.3 Å². The molecule has 2 N–H and O–H groups in total. The molecule has 6 nitrogen and oxygen atoms in total. The molecule has 0 aliphatic carbocycles. The van der Waals surface area contributed by atoms with Crippen LogP contribution in [0.1, 0.15) is 10.4 Å². The first kappa shape index (κ1) is 17.7. The summed E-state index contributed by atoms with van der Waals surface area (Å²) in [6.07, 6.45) is 0. The van der Waals surface area contributed by atoms with Gasteiger partial charge in [0.1, 0.15) is 9.96 Å². The van der Waals surface area contributed by atoms with Gasteiger partial charge in [-0.1, -0.05) is 17.7 Å². The largest absolute Gasteiger partial charge is 0.496 e. The van der Waals surface area contributed by atoms with Crippen molar-refractivity contribution in [3.63, 3.8) is 0 Å². The van der Waals surface area contributed by atoms with Gasteiger partial charge < -0.3 is 10.1 Å². The Morgan fingerprint density at radius 2 is 2.09 bits per heavy atom. The summed E-state index contributed by atoms with van der Waals surface area (Å²) in [4.78, 5) is 12.1. The van der Waals surface area contributed by atoms with Crippen LogP contribution in [0.5, 0.6) is 5.75 Å². The number of nitrogens with one attached hydrogen (secondary N) is 2. The Bertz CT molecular complexity index is 776. The molecule has 0 bridgehead atoms. The van der Waals surface area contributed by atoms with E-state index < -0.39 is 10.0 Å². The molecule has 1 heterocycles. The zero-order valence-corrected chi connectivity index (χ0v) is 14.6. The summed E-state index contributed by atoms with van der Waals surface area (Å²) in [5.74, 6) is 0.00531. The van der Waals surface area contributed by atoms with Crippen molar-refractivity contribution in [1.29, 1.82) is 0 Å². The van der Waals surface area contributed by atoms with E-state index in [0.717, 1.165) is 11.3 Å². The van der Waals surface area contributed by atoms with Gasteiger partial charge in [-0.25, -0.2) is 13.1 Å². The monoisotopic (exact) mass is 374 g/mol. The second kappa shape index (κ2) is 7.78. The fourth-order valence-corrected chi connectivity index (χ4v) is 4.04. The highest BCUT2D eigenvalue weighted by Crippen LogP contribution is 2.22. The lowest BCUT2D eigenvalue weighted by Gasteiger charge is -2.10. The van der Waals surface area contributed by atoms with Crippen LogP contribution in [0.15, 0.2) is 39.9 Å². The zero-order chi connectivity index (χ0) is 16.9. The zero-order valence-electron chi connectivity index (χ0n) is 12.2.